The number of hydrogen-bond donors (Lipinski definition) is 1. The SMILES string of the molecule is COC(=O)c1c(NC(=O)C(F)(F)C(F)(F)C(F)(F)C(F)(F)F)sc2c1CCC(C)C2. The molecule has 1 atom stereocenters. The van der Waals surface area contributed by atoms with E-state index < -0.39 is 46.4 Å². The zero-order valence-corrected chi connectivity index (χ0v) is 16.0. The van der Waals surface area contributed by atoms with Gasteiger partial charge in [-0.05, 0) is 30.7 Å². The van der Waals surface area contributed by atoms with Crippen LogP contribution in [0.3, 0.4) is 0 Å². The van der Waals surface area contributed by atoms with E-state index >= 15 is 0 Å². The van der Waals surface area contributed by atoms with Gasteiger partial charge in [-0.1, -0.05) is 6.92 Å². The average molecular weight is 471 g/mol. The molecule has 0 aliphatic heterocycles. The molecule has 1 aromatic rings. The molecule has 0 saturated carbocycles. The van der Waals surface area contributed by atoms with Gasteiger partial charge in [0, 0.05) is 4.88 Å². The van der Waals surface area contributed by atoms with Gasteiger partial charge in [-0.2, -0.15) is 39.5 Å². The molecule has 0 aromatic carbocycles. The van der Waals surface area contributed by atoms with E-state index in [0.29, 0.717) is 34.6 Å². The molecule has 0 bridgehead atoms. The first-order valence-electron chi connectivity index (χ1n) is 8.23. The van der Waals surface area contributed by atoms with E-state index in [2.05, 4.69) is 4.74 Å². The summed E-state index contributed by atoms with van der Waals surface area (Å²) in [4.78, 5) is 24.1. The van der Waals surface area contributed by atoms with Crippen molar-refractivity contribution in [3.05, 3.63) is 16.0 Å². The van der Waals surface area contributed by atoms with Crippen LogP contribution in [0.5, 0.6) is 0 Å². The number of halogens is 9. The minimum Gasteiger partial charge on any atom is -0.465 e. The highest BCUT2D eigenvalue weighted by Gasteiger charge is 2.83. The Morgan fingerprint density at radius 2 is 1.60 bits per heavy atom. The summed E-state index contributed by atoms with van der Waals surface area (Å²) in [6.45, 7) is 1.83. The monoisotopic (exact) mass is 471 g/mol. The molecule has 0 spiro atoms. The molecule has 1 unspecified atom stereocenters. The minimum atomic E-state index is -7.20. The normalized spacial score (nSPS) is 18.0. The fourth-order valence-electron chi connectivity index (χ4n) is 2.86. The summed E-state index contributed by atoms with van der Waals surface area (Å²) in [5, 5.41) is 0.518. The zero-order chi connectivity index (χ0) is 23.3. The van der Waals surface area contributed by atoms with Crippen molar-refractivity contribution in [3.8, 4) is 0 Å². The number of esters is 1. The standard InChI is InChI=1S/C16H14F9NO3S/c1-6-3-4-7-8(5-6)30-10(9(7)11(27)29-2)26-12(28)13(17,18)14(19,20)15(21,22)16(23,24)25/h6H,3-5H2,1-2H3,(H,26,28). The first-order chi connectivity index (χ1) is 13.5. The Morgan fingerprint density at radius 1 is 1.03 bits per heavy atom. The van der Waals surface area contributed by atoms with Gasteiger partial charge in [0.1, 0.15) is 5.00 Å². The first-order valence-corrected chi connectivity index (χ1v) is 9.05. The Bertz CT molecular complexity index is 848. The van der Waals surface area contributed by atoms with Crippen molar-refractivity contribution in [2.75, 3.05) is 12.4 Å². The second kappa shape index (κ2) is 7.61. The van der Waals surface area contributed by atoms with Gasteiger partial charge in [0.15, 0.2) is 0 Å². The van der Waals surface area contributed by atoms with Crippen LogP contribution in [0.2, 0.25) is 0 Å². The largest absolute Gasteiger partial charge is 0.465 e. The number of methoxy groups -OCH3 is 1. The van der Waals surface area contributed by atoms with Gasteiger partial charge >= 0.3 is 35.8 Å². The van der Waals surface area contributed by atoms with Crippen LogP contribution in [0.1, 0.15) is 34.1 Å². The lowest BCUT2D eigenvalue weighted by Crippen LogP contribution is -2.64. The average Bonchev–Trinajstić information content (AvgIpc) is 2.96. The van der Waals surface area contributed by atoms with E-state index in [1.54, 1.807) is 0 Å². The van der Waals surface area contributed by atoms with Crippen molar-refractivity contribution in [2.45, 2.75) is 50.1 Å². The predicted octanol–water partition coefficient (Wildman–Crippen LogP) is 5.07. The van der Waals surface area contributed by atoms with Gasteiger partial charge in [-0.25, -0.2) is 4.79 Å². The van der Waals surface area contributed by atoms with Gasteiger partial charge in [-0.15, -0.1) is 11.3 Å². The molecular weight excluding hydrogens is 457 g/mol. The van der Waals surface area contributed by atoms with E-state index in [0.717, 1.165) is 7.11 Å². The highest BCUT2D eigenvalue weighted by molar-refractivity contribution is 7.17. The van der Waals surface area contributed by atoms with E-state index in [4.69, 9.17) is 0 Å². The van der Waals surface area contributed by atoms with Gasteiger partial charge < -0.3 is 10.1 Å². The molecule has 0 saturated heterocycles. The van der Waals surface area contributed by atoms with E-state index in [9.17, 15) is 49.1 Å². The summed E-state index contributed by atoms with van der Waals surface area (Å²) >= 11 is 0.557. The Balaban J connectivity index is 2.45. The fraction of sp³-hybridized carbons (Fsp3) is 0.625. The van der Waals surface area contributed by atoms with E-state index in [1.165, 1.54) is 5.32 Å². The molecule has 1 aliphatic rings. The third-order valence-electron chi connectivity index (χ3n) is 4.56. The van der Waals surface area contributed by atoms with Crippen molar-refractivity contribution < 1.29 is 53.8 Å². The highest BCUT2D eigenvalue weighted by Crippen LogP contribution is 2.53. The third-order valence-corrected chi connectivity index (χ3v) is 5.73. The smallest absolute Gasteiger partial charge is 0.460 e. The third kappa shape index (κ3) is 3.73. The predicted molar refractivity (Wildman–Crippen MR) is 86.4 cm³/mol. The number of rotatable bonds is 5. The maximum absolute atomic E-state index is 13.8. The number of fused-ring (bicyclic) bond motifs is 1. The molecule has 1 aliphatic carbocycles. The molecule has 2 rings (SSSR count). The van der Waals surface area contributed by atoms with Crippen LogP contribution < -0.4 is 5.32 Å². The van der Waals surface area contributed by atoms with Crippen LogP contribution >= 0.6 is 11.3 Å². The Hall–Kier alpha value is -1.99. The molecule has 1 heterocycles. The Kier molecular flexibility index (Phi) is 6.16. The van der Waals surface area contributed by atoms with Crippen molar-refractivity contribution in [3.63, 3.8) is 0 Å². The van der Waals surface area contributed by atoms with Crippen LogP contribution in [0.15, 0.2) is 0 Å². The van der Waals surface area contributed by atoms with Crippen LogP contribution in [0.25, 0.3) is 0 Å². The molecule has 1 N–H and O–H groups in total. The second-order valence-corrected chi connectivity index (χ2v) is 7.83. The molecule has 4 nitrogen and oxygen atoms in total. The molecule has 1 amide bonds. The quantitative estimate of drug-likeness (QED) is 0.482. The van der Waals surface area contributed by atoms with Crippen LogP contribution in [-0.2, 0) is 22.4 Å². The number of ether oxygens (including phenoxy) is 1. The maximum Gasteiger partial charge on any atom is 0.460 e. The van der Waals surface area contributed by atoms with Crippen molar-refractivity contribution >= 4 is 28.2 Å². The first kappa shape index (κ1) is 24.3. The summed E-state index contributed by atoms with van der Waals surface area (Å²) in [6, 6.07) is 0. The van der Waals surface area contributed by atoms with Gasteiger partial charge in [0.05, 0.1) is 12.7 Å². The van der Waals surface area contributed by atoms with E-state index in [1.807, 2.05) is 6.92 Å². The topological polar surface area (TPSA) is 55.4 Å². The molecular formula is C16H14F9NO3S. The van der Waals surface area contributed by atoms with Crippen LogP contribution in [0.4, 0.5) is 44.5 Å². The van der Waals surface area contributed by atoms with Crippen molar-refractivity contribution in [1.29, 1.82) is 0 Å². The van der Waals surface area contributed by atoms with Crippen LogP contribution in [-0.4, -0.2) is 42.9 Å². The number of carbonyl (C=O) groups excluding carboxylic acids is 2. The van der Waals surface area contributed by atoms with E-state index in [-0.39, 0.29) is 12.3 Å². The molecule has 0 fully saturated rings. The van der Waals surface area contributed by atoms with Gasteiger partial charge in [-0.3, -0.25) is 4.79 Å². The number of nitrogens with one attached hydrogen (secondary N) is 1. The number of anilines is 1. The number of thiophene rings is 1. The van der Waals surface area contributed by atoms with Crippen LogP contribution in [0, 0.1) is 5.92 Å². The van der Waals surface area contributed by atoms with Crippen molar-refractivity contribution in [2.24, 2.45) is 5.92 Å². The lowest BCUT2D eigenvalue weighted by atomic mass is 9.88. The number of hydrogen-bond acceptors (Lipinski definition) is 4. The number of amides is 1. The summed E-state index contributed by atoms with van der Waals surface area (Å²) in [6.07, 6.45) is -5.88. The van der Waals surface area contributed by atoms with Gasteiger partial charge in [0.2, 0.25) is 0 Å². The number of alkyl halides is 9. The maximum atomic E-state index is 13.8. The molecule has 1 aromatic heterocycles. The lowest BCUT2D eigenvalue weighted by molar-refractivity contribution is -0.388. The molecule has 30 heavy (non-hydrogen) atoms. The summed E-state index contributed by atoms with van der Waals surface area (Å²) in [5.74, 6) is -24.9. The molecule has 0 radical (unpaired) electrons. The number of carbonyl (C=O) groups is 2. The Morgan fingerprint density at radius 3 is 2.10 bits per heavy atom. The second-order valence-electron chi connectivity index (χ2n) is 6.72. The molecule has 14 heteroatoms. The summed E-state index contributed by atoms with van der Waals surface area (Å²) < 4.78 is 122. The van der Waals surface area contributed by atoms with Crippen molar-refractivity contribution in [1.82, 2.24) is 0 Å². The fourth-order valence-corrected chi connectivity index (χ4v) is 4.25. The Labute approximate surface area is 167 Å². The summed E-state index contributed by atoms with van der Waals surface area (Å²) in [5.41, 5.74) is -0.129. The summed E-state index contributed by atoms with van der Waals surface area (Å²) in [7, 11) is 0.913. The lowest BCUT2D eigenvalue weighted by Gasteiger charge is -2.32. The minimum absolute atomic E-state index is 0.0986. The highest BCUT2D eigenvalue weighted by atomic mass is 32.1. The van der Waals surface area contributed by atoms with Gasteiger partial charge in [0.25, 0.3) is 0 Å². The molecule has 170 valence electrons. The zero-order valence-electron chi connectivity index (χ0n) is 15.2.